The van der Waals surface area contributed by atoms with Gasteiger partial charge in [-0.15, -0.1) is 0 Å². The van der Waals surface area contributed by atoms with Crippen molar-refractivity contribution in [2.45, 2.75) is 18.3 Å². The Bertz CT molecular complexity index is 76.1. The molecular weight excluding hydrogens is 141 g/mol. The molecule has 0 spiro atoms. The molecular formula is C5H12O5. The van der Waals surface area contributed by atoms with E-state index < -0.39 is 31.5 Å². The van der Waals surface area contributed by atoms with Gasteiger partial charge in [-0.3, -0.25) is 0 Å². The molecule has 62 valence electrons. The summed E-state index contributed by atoms with van der Waals surface area (Å²) < 4.78 is 0. The van der Waals surface area contributed by atoms with Gasteiger partial charge in [0.25, 0.3) is 0 Å². The third-order valence-electron chi connectivity index (χ3n) is 1.16. The Morgan fingerprint density at radius 3 is 1.30 bits per heavy atom. The first-order chi connectivity index (χ1) is 4.63. The minimum Gasteiger partial charge on any atom is -0.394 e. The molecule has 0 aliphatic heterocycles. The summed E-state index contributed by atoms with van der Waals surface area (Å²) >= 11 is 0. The van der Waals surface area contributed by atoms with Gasteiger partial charge in [0.15, 0.2) is 0 Å². The van der Waals surface area contributed by atoms with Crippen LogP contribution in [0.3, 0.4) is 0 Å². The fourth-order valence-corrected chi connectivity index (χ4v) is 0.472. The number of hydrogen-bond acceptors (Lipinski definition) is 5. The minimum atomic E-state index is -1.49. The quantitative estimate of drug-likeness (QED) is 0.278. The smallest absolute Gasteiger partial charge is 0.110 e. The van der Waals surface area contributed by atoms with E-state index in [0.29, 0.717) is 0 Å². The van der Waals surface area contributed by atoms with Crippen molar-refractivity contribution >= 4 is 0 Å². The molecule has 0 heterocycles. The average Bonchev–Trinajstić information content (AvgIpc) is 2.00. The van der Waals surface area contributed by atoms with Crippen molar-refractivity contribution in [3.63, 3.8) is 0 Å². The van der Waals surface area contributed by atoms with Crippen LogP contribution in [-0.4, -0.2) is 57.1 Å². The highest BCUT2D eigenvalue weighted by atomic mass is 16.4. The van der Waals surface area contributed by atoms with Gasteiger partial charge in [-0.05, 0) is 0 Å². The van der Waals surface area contributed by atoms with Crippen molar-refractivity contribution in [2.75, 3.05) is 13.2 Å². The van der Waals surface area contributed by atoms with Gasteiger partial charge in [0.2, 0.25) is 0 Å². The van der Waals surface area contributed by atoms with Crippen molar-refractivity contribution in [3.05, 3.63) is 0 Å². The van der Waals surface area contributed by atoms with E-state index in [1.165, 1.54) is 0 Å². The Kier molecular flexibility index (Phi) is 4.50. The monoisotopic (exact) mass is 153 g/mol. The van der Waals surface area contributed by atoms with Gasteiger partial charge in [0, 0.05) is 0 Å². The van der Waals surface area contributed by atoms with Crippen LogP contribution in [0.5, 0.6) is 0 Å². The fourth-order valence-electron chi connectivity index (χ4n) is 0.472. The Hall–Kier alpha value is -0.200. The minimum absolute atomic E-state index is 0.641. The molecule has 0 aromatic heterocycles. The van der Waals surface area contributed by atoms with E-state index in [0.717, 1.165) is 0 Å². The van der Waals surface area contributed by atoms with E-state index in [-0.39, 0.29) is 0 Å². The molecule has 0 radical (unpaired) electrons. The molecule has 5 nitrogen and oxygen atoms in total. The first kappa shape index (κ1) is 9.80. The maximum Gasteiger partial charge on any atom is 0.110 e. The van der Waals surface area contributed by atoms with E-state index in [9.17, 15) is 0 Å². The summed E-state index contributed by atoms with van der Waals surface area (Å²) in [6.07, 6.45) is -4.29. The summed E-state index contributed by atoms with van der Waals surface area (Å²) in [6, 6.07) is 0. The summed E-state index contributed by atoms with van der Waals surface area (Å²) in [5.74, 6) is 0. The van der Waals surface area contributed by atoms with Crippen molar-refractivity contribution in [2.24, 2.45) is 0 Å². The van der Waals surface area contributed by atoms with E-state index in [1.807, 2.05) is 0 Å². The number of rotatable bonds is 4. The highest BCUT2D eigenvalue weighted by Crippen LogP contribution is 1.97. The van der Waals surface area contributed by atoms with Crippen LogP contribution in [0.15, 0.2) is 0 Å². The predicted octanol–water partition coefficient (Wildman–Crippen LogP) is -2.95. The molecule has 10 heavy (non-hydrogen) atoms. The summed E-state index contributed by atoms with van der Waals surface area (Å²) in [5.41, 5.74) is 0. The van der Waals surface area contributed by atoms with Crippen LogP contribution < -0.4 is 0 Å². The van der Waals surface area contributed by atoms with Gasteiger partial charge >= 0.3 is 0 Å². The summed E-state index contributed by atoms with van der Waals surface area (Å²) in [7, 11) is 0. The second kappa shape index (κ2) is 4.59. The second-order valence-electron chi connectivity index (χ2n) is 1.99. The summed E-state index contributed by atoms with van der Waals surface area (Å²) in [5, 5.41) is 42.6. The SMILES string of the molecule is OC[C@@H](O)[C@H](O)[C@@H](O)[13CH2]O. The number of aliphatic hydroxyl groups excluding tert-OH is 5. The Morgan fingerprint density at radius 1 is 0.800 bits per heavy atom. The molecule has 0 unspecified atom stereocenters. The predicted molar refractivity (Wildman–Crippen MR) is 32.2 cm³/mol. The molecule has 5 N–H and O–H groups in total. The Balaban J connectivity index is 3.69. The van der Waals surface area contributed by atoms with E-state index in [2.05, 4.69) is 0 Å². The molecule has 5 heteroatoms. The molecule has 0 saturated heterocycles. The lowest BCUT2D eigenvalue weighted by Gasteiger charge is -2.19. The third-order valence-corrected chi connectivity index (χ3v) is 1.16. The Morgan fingerprint density at radius 2 is 1.10 bits per heavy atom. The maximum absolute atomic E-state index is 8.77. The van der Waals surface area contributed by atoms with Crippen LogP contribution in [0.4, 0.5) is 0 Å². The molecule has 0 amide bonds. The number of hydrogen-bond donors (Lipinski definition) is 5. The van der Waals surface area contributed by atoms with E-state index in [1.54, 1.807) is 0 Å². The van der Waals surface area contributed by atoms with Gasteiger partial charge < -0.3 is 25.5 Å². The van der Waals surface area contributed by atoms with Crippen LogP contribution in [-0.2, 0) is 0 Å². The molecule has 0 aliphatic carbocycles. The molecule has 0 aromatic carbocycles. The average molecular weight is 153 g/mol. The van der Waals surface area contributed by atoms with Crippen molar-refractivity contribution in [3.8, 4) is 0 Å². The van der Waals surface area contributed by atoms with Gasteiger partial charge in [-0.2, -0.15) is 0 Å². The van der Waals surface area contributed by atoms with Crippen LogP contribution in [0.25, 0.3) is 0 Å². The number of aliphatic hydroxyl groups is 5. The third kappa shape index (κ3) is 2.59. The van der Waals surface area contributed by atoms with Crippen molar-refractivity contribution in [1.29, 1.82) is 0 Å². The lowest BCUT2D eigenvalue weighted by Crippen LogP contribution is -2.41. The molecule has 0 fully saturated rings. The van der Waals surface area contributed by atoms with Crippen molar-refractivity contribution < 1.29 is 25.5 Å². The molecule has 0 aliphatic rings. The van der Waals surface area contributed by atoms with Crippen LogP contribution in [0, 0.1) is 0 Å². The van der Waals surface area contributed by atoms with E-state index >= 15 is 0 Å². The molecule has 0 bridgehead atoms. The lowest BCUT2D eigenvalue weighted by atomic mass is 10.2. The zero-order valence-electron chi connectivity index (χ0n) is 5.38. The highest BCUT2D eigenvalue weighted by molar-refractivity contribution is 4.73. The fraction of sp³-hybridized carbons (Fsp3) is 1.00. The summed E-state index contributed by atoms with van der Waals surface area (Å²) in [4.78, 5) is 0. The molecule has 0 aromatic rings. The molecule has 0 rings (SSSR count). The van der Waals surface area contributed by atoms with Crippen molar-refractivity contribution in [1.82, 2.24) is 0 Å². The van der Waals surface area contributed by atoms with Crippen LogP contribution in [0.1, 0.15) is 0 Å². The maximum atomic E-state index is 8.77. The van der Waals surface area contributed by atoms with E-state index in [4.69, 9.17) is 25.5 Å². The molecule has 0 saturated carbocycles. The second-order valence-corrected chi connectivity index (χ2v) is 1.99. The standard InChI is InChI=1S/C5H12O5/c6-1-3(8)5(10)4(9)2-7/h3-10H,1-2H2/t3-,4+,5+/i1+1/m0/s1. The molecule has 3 atom stereocenters. The largest absolute Gasteiger partial charge is 0.394 e. The first-order valence-corrected chi connectivity index (χ1v) is 2.89. The zero-order valence-corrected chi connectivity index (χ0v) is 5.38. The van der Waals surface area contributed by atoms with Gasteiger partial charge in [0.1, 0.15) is 18.3 Å². The van der Waals surface area contributed by atoms with Crippen LogP contribution >= 0.6 is 0 Å². The van der Waals surface area contributed by atoms with Crippen LogP contribution in [0.2, 0.25) is 0 Å². The van der Waals surface area contributed by atoms with Gasteiger partial charge in [0.05, 0.1) is 13.2 Å². The lowest BCUT2D eigenvalue weighted by molar-refractivity contribution is -0.0900. The summed E-state index contributed by atoms with van der Waals surface area (Å²) in [6.45, 7) is -1.28. The topological polar surface area (TPSA) is 101 Å². The van der Waals surface area contributed by atoms with Gasteiger partial charge in [-0.25, -0.2) is 0 Å². The normalized spacial score (nSPS) is 20.1. The van der Waals surface area contributed by atoms with Gasteiger partial charge in [-0.1, -0.05) is 0 Å². The Labute approximate surface area is 58.2 Å². The zero-order chi connectivity index (χ0) is 8.15. The first-order valence-electron chi connectivity index (χ1n) is 2.89. The highest BCUT2D eigenvalue weighted by Gasteiger charge is 2.22.